The maximum atomic E-state index is 13.1. The molecule has 5 fully saturated rings. The molecule has 0 radical (unpaired) electrons. The minimum atomic E-state index is -3.39. The molecule has 0 spiro atoms. The lowest BCUT2D eigenvalue weighted by Gasteiger charge is -2.59. The van der Waals surface area contributed by atoms with E-state index in [4.69, 9.17) is 17.3 Å². The Labute approximate surface area is 207 Å². The number of amides is 2. The smallest absolute Gasteiger partial charge is 0.236 e. The molecule has 6 rings (SSSR count). The Morgan fingerprint density at radius 2 is 1.85 bits per heavy atom. The Morgan fingerprint density at radius 1 is 1.18 bits per heavy atom. The van der Waals surface area contributed by atoms with E-state index in [1.54, 1.807) is 4.31 Å². The number of carbonyl (C=O) groups is 2. The topological polar surface area (TPSA) is 119 Å². The molecule has 5 aliphatic rings. The normalized spacial score (nSPS) is 35.3. The molecule has 4 bridgehead atoms. The van der Waals surface area contributed by atoms with Gasteiger partial charge < -0.3 is 11.1 Å². The number of anilines is 1. The van der Waals surface area contributed by atoms with E-state index in [-0.39, 0.29) is 36.2 Å². The van der Waals surface area contributed by atoms with Crippen LogP contribution in [0.15, 0.2) is 12.1 Å². The zero-order chi connectivity index (χ0) is 24.4. The highest BCUT2D eigenvalue weighted by Crippen LogP contribution is 2.60. The molecule has 1 aromatic rings. The van der Waals surface area contributed by atoms with Gasteiger partial charge in [-0.05, 0) is 98.3 Å². The molecule has 34 heavy (non-hydrogen) atoms. The Balaban J connectivity index is 1.29. The van der Waals surface area contributed by atoms with E-state index in [1.807, 2.05) is 26.0 Å². The molecule has 2 unspecified atom stereocenters. The van der Waals surface area contributed by atoms with Crippen LogP contribution in [0.3, 0.4) is 0 Å². The number of aryl methyl sites for hydroxylation is 2. The monoisotopic (exact) mass is 510 g/mol. The van der Waals surface area contributed by atoms with Crippen molar-refractivity contribution in [3.63, 3.8) is 0 Å². The van der Waals surface area contributed by atoms with Gasteiger partial charge >= 0.3 is 0 Å². The summed E-state index contributed by atoms with van der Waals surface area (Å²) in [4.78, 5) is 25.3. The zero-order valence-corrected chi connectivity index (χ0v) is 21.4. The number of hydrogen-bond acceptors (Lipinski definition) is 6. The van der Waals surface area contributed by atoms with Crippen molar-refractivity contribution in [1.82, 2.24) is 9.62 Å². The fraction of sp³-hybridized carbons (Fsp3) is 0.667. The Kier molecular flexibility index (Phi) is 6.08. The molecule has 1 heterocycles. The third-order valence-electron chi connectivity index (χ3n) is 8.50. The summed E-state index contributed by atoms with van der Waals surface area (Å²) in [7, 11) is -3.39. The Bertz CT molecular complexity index is 982. The van der Waals surface area contributed by atoms with Crippen molar-refractivity contribution < 1.29 is 18.7 Å². The van der Waals surface area contributed by atoms with Crippen LogP contribution in [0.4, 0.5) is 5.69 Å². The van der Waals surface area contributed by atoms with Crippen molar-refractivity contribution in [2.75, 3.05) is 23.9 Å². The molecule has 1 aliphatic heterocycles. The van der Waals surface area contributed by atoms with Gasteiger partial charge in [0, 0.05) is 24.5 Å². The van der Waals surface area contributed by atoms with Gasteiger partial charge in [-0.2, -0.15) is 4.31 Å². The van der Waals surface area contributed by atoms with Crippen molar-refractivity contribution in [3.05, 3.63) is 28.3 Å². The van der Waals surface area contributed by atoms with E-state index in [2.05, 4.69) is 5.32 Å². The van der Waals surface area contributed by atoms with Crippen molar-refractivity contribution in [3.8, 4) is 0 Å². The van der Waals surface area contributed by atoms with Gasteiger partial charge in [0.15, 0.2) is 0 Å². The van der Waals surface area contributed by atoms with Crippen LogP contribution in [0.5, 0.6) is 0 Å². The molecule has 2 atom stereocenters. The van der Waals surface area contributed by atoms with Gasteiger partial charge in [0.1, 0.15) is 0 Å². The molecule has 4 saturated carbocycles. The van der Waals surface area contributed by atoms with Gasteiger partial charge in [0.25, 0.3) is 0 Å². The van der Waals surface area contributed by atoms with E-state index < -0.39 is 16.4 Å². The van der Waals surface area contributed by atoms with E-state index in [0.29, 0.717) is 36.1 Å². The minimum Gasteiger partial charge on any atom is -0.369 e. The number of nitrogens with one attached hydrogen (secondary N) is 1. The van der Waals surface area contributed by atoms with Crippen LogP contribution in [0.1, 0.15) is 49.7 Å². The number of carbonyl (C=O) groups excluding carboxylic acids is 2. The number of hydrogen-bond donors (Lipinski definition) is 4. The van der Waals surface area contributed by atoms with Crippen molar-refractivity contribution in [2.45, 2.75) is 58.4 Å². The van der Waals surface area contributed by atoms with Crippen LogP contribution < -0.4 is 15.4 Å². The summed E-state index contributed by atoms with van der Waals surface area (Å²) in [6, 6.07) is 3.80. The first-order valence-electron chi connectivity index (χ1n) is 12.2. The summed E-state index contributed by atoms with van der Waals surface area (Å²) < 4.78 is 25.5. The van der Waals surface area contributed by atoms with Gasteiger partial charge in [-0.25, -0.2) is 0 Å². The van der Waals surface area contributed by atoms with Crippen molar-refractivity contribution >= 4 is 40.1 Å². The number of primary amides is 1. The fourth-order valence-electron chi connectivity index (χ4n) is 7.35. The van der Waals surface area contributed by atoms with Gasteiger partial charge in [-0.1, -0.05) is 17.7 Å². The standard InChI is InChI=1S/C24H35ClN4O4S/c1-14-6-15(2)22(19(25)7-14)29-5-3-4-28(34(29,32)33)13-20(30)27-21-17-8-16-9-18(21)12-24(10-16,11-17)23(26)31/h6-7,16-18,21,32-33H,3-5,8-13H2,1-2H3,(H2,26,31)(H,27,30). The summed E-state index contributed by atoms with van der Waals surface area (Å²) in [6.07, 6.45) is 5.12. The summed E-state index contributed by atoms with van der Waals surface area (Å²) in [5.74, 6) is 0.636. The van der Waals surface area contributed by atoms with E-state index in [0.717, 1.165) is 43.2 Å². The molecular weight excluding hydrogens is 476 g/mol. The predicted octanol–water partition coefficient (Wildman–Crippen LogP) is 3.85. The fourth-order valence-corrected chi connectivity index (χ4v) is 9.63. The molecule has 1 saturated heterocycles. The van der Waals surface area contributed by atoms with Gasteiger partial charge in [0.2, 0.25) is 11.8 Å². The molecule has 1 aromatic carbocycles. The SMILES string of the molecule is Cc1cc(C)c(N2CCCN(CC(=O)NC3C4CC5CC3CC(C(N)=O)(C5)C4)S2(O)O)c(Cl)c1. The third-order valence-corrected chi connectivity index (χ3v) is 10.8. The largest absolute Gasteiger partial charge is 0.369 e. The third kappa shape index (κ3) is 3.99. The van der Waals surface area contributed by atoms with Gasteiger partial charge in [-0.15, -0.1) is 0 Å². The lowest BCUT2D eigenvalue weighted by atomic mass is 9.47. The first-order valence-corrected chi connectivity index (χ1v) is 14.0. The highest BCUT2D eigenvalue weighted by molar-refractivity contribution is 8.23. The first-order chi connectivity index (χ1) is 16.0. The van der Waals surface area contributed by atoms with Crippen LogP contribution >= 0.6 is 22.6 Å². The van der Waals surface area contributed by atoms with Crippen LogP contribution in [-0.4, -0.2) is 50.9 Å². The molecule has 10 heteroatoms. The minimum absolute atomic E-state index is 0.0213. The van der Waals surface area contributed by atoms with Gasteiger partial charge in [0.05, 0.1) is 17.3 Å². The van der Waals surface area contributed by atoms with Gasteiger partial charge in [-0.3, -0.25) is 23.0 Å². The van der Waals surface area contributed by atoms with Crippen LogP contribution in [0.25, 0.3) is 0 Å². The highest BCUT2D eigenvalue weighted by Gasteiger charge is 2.58. The zero-order valence-electron chi connectivity index (χ0n) is 19.8. The lowest BCUT2D eigenvalue weighted by Crippen LogP contribution is -2.62. The van der Waals surface area contributed by atoms with E-state index in [9.17, 15) is 18.7 Å². The lowest BCUT2D eigenvalue weighted by molar-refractivity contribution is -0.147. The summed E-state index contributed by atoms with van der Waals surface area (Å²) >= 11 is 6.50. The summed E-state index contributed by atoms with van der Waals surface area (Å²) in [5.41, 5.74) is 7.87. The van der Waals surface area contributed by atoms with Crippen molar-refractivity contribution in [2.24, 2.45) is 28.9 Å². The predicted molar refractivity (Wildman–Crippen MR) is 134 cm³/mol. The molecule has 5 N–H and O–H groups in total. The second-order valence-electron chi connectivity index (χ2n) is 10.9. The van der Waals surface area contributed by atoms with Crippen LogP contribution in [-0.2, 0) is 9.59 Å². The molecule has 2 amide bonds. The molecular formula is C24H35ClN4O4S. The number of nitrogens with zero attached hydrogens (tertiary/aromatic N) is 2. The Hall–Kier alpha value is -1.52. The Morgan fingerprint density at radius 3 is 2.47 bits per heavy atom. The second kappa shape index (κ2) is 8.55. The number of halogens is 1. The number of rotatable bonds is 5. The summed E-state index contributed by atoms with van der Waals surface area (Å²) in [6.45, 7) is 4.62. The van der Waals surface area contributed by atoms with Crippen LogP contribution in [0.2, 0.25) is 5.02 Å². The molecule has 8 nitrogen and oxygen atoms in total. The van der Waals surface area contributed by atoms with Crippen LogP contribution in [0, 0.1) is 37.0 Å². The average molecular weight is 511 g/mol. The maximum Gasteiger partial charge on any atom is 0.236 e. The van der Waals surface area contributed by atoms with Crippen molar-refractivity contribution in [1.29, 1.82) is 0 Å². The number of nitrogens with two attached hydrogens (primary N) is 1. The second-order valence-corrected chi connectivity index (χ2v) is 13.3. The number of benzene rings is 1. The average Bonchev–Trinajstić information content (AvgIpc) is 2.72. The molecule has 188 valence electrons. The first kappa shape index (κ1) is 24.2. The maximum absolute atomic E-state index is 13.1. The quantitative estimate of drug-likeness (QED) is 0.477. The van der Waals surface area contributed by atoms with E-state index >= 15 is 0 Å². The molecule has 4 aliphatic carbocycles. The molecule has 0 aromatic heterocycles. The van der Waals surface area contributed by atoms with E-state index in [1.165, 1.54) is 4.31 Å². The summed E-state index contributed by atoms with van der Waals surface area (Å²) in [5, 5.41) is 3.67. The highest BCUT2D eigenvalue weighted by atomic mass is 35.5.